The van der Waals surface area contributed by atoms with Gasteiger partial charge < -0.3 is 4.74 Å². The van der Waals surface area contributed by atoms with Crippen LogP contribution in [0.3, 0.4) is 0 Å². The SMILES string of the molecule is COC(C)C1=CC(=O)NC1=O. The van der Waals surface area contributed by atoms with E-state index in [0.717, 1.165) is 0 Å². The van der Waals surface area contributed by atoms with E-state index in [-0.39, 0.29) is 17.9 Å². The van der Waals surface area contributed by atoms with E-state index in [2.05, 4.69) is 5.32 Å². The predicted octanol–water partition coefficient (Wildman–Crippen LogP) is -0.396. The molecule has 60 valence electrons. The Kier molecular flexibility index (Phi) is 2.05. The maximum atomic E-state index is 10.9. The molecule has 0 fully saturated rings. The van der Waals surface area contributed by atoms with Crippen LogP contribution in [0.1, 0.15) is 6.92 Å². The number of amides is 2. The van der Waals surface area contributed by atoms with Crippen molar-refractivity contribution in [2.75, 3.05) is 7.11 Å². The van der Waals surface area contributed by atoms with Crippen LogP contribution >= 0.6 is 0 Å². The van der Waals surface area contributed by atoms with Crippen LogP contribution in [0.25, 0.3) is 0 Å². The number of imide groups is 1. The summed E-state index contributed by atoms with van der Waals surface area (Å²) < 4.78 is 4.87. The van der Waals surface area contributed by atoms with Gasteiger partial charge in [0, 0.05) is 13.2 Å². The molecule has 1 rings (SSSR count). The molecule has 0 aromatic heterocycles. The molecule has 1 heterocycles. The van der Waals surface area contributed by atoms with Crippen LogP contribution in [0.2, 0.25) is 0 Å². The molecule has 1 aliphatic rings. The summed E-state index contributed by atoms with van der Waals surface area (Å²) in [7, 11) is 1.49. The minimum Gasteiger partial charge on any atom is -0.377 e. The number of methoxy groups -OCH3 is 1. The molecule has 1 unspecified atom stereocenters. The third-order valence-electron chi connectivity index (χ3n) is 1.58. The van der Waals surface area contributed by atoms with Crippen molar-refractivity contribution in [2.45, 2.75) is 13.0 Å². The number of ether oxygens (including phenoxy) is 1. The first-order valence-corrected chi connectivity index (χ1v) is 3.25. The summed E-state index contributed by atoms with van der Waals surface area (Å²) in [6, 6.07) is 0. The van der Waals surface area contributed by atoms with E-state index in [4.69, 9.17) is 4.74 Å². The fourth-order valence-electron chi connectivity index (χ4n) is 0.856. The number of nitrogens with one attached hydrogen (secondary N) is 1. The minimum atomic E-state index is -0.367. The third-order valence-corrected chi connectivity index (χ3v) is 1.58. The lowest BCUT2D eigenvalue weighted by molar-refractivity contribution is -0.124. The summed E-state index contributed by atoms with van der Waals surface area (Å²) in [5.74, 6) is -0.724. The predicted molar refractivity (Wildman–Crippen MR) is 37.7 cm³/mol. The smallest absolute Gasteiger partial charge is 0.256 e. The van der Waals surface area contributed by atoms with Crippen molar-refractivity contribution in [3.8, 4) is 0 Å². The van der Waals surface area contributed by atoms with Gasteiger partial charge in [-0.2, -0.15) is 0 Å². The number of carbonyl (C=O) groups excluding carboxylic acids is 2. The Labute approximate surface area is 64.2 Å². The molecular formula is C7H9NO3. The average Bonchev–Trinajstić information content (AvgIpc) is 2.28. The third kappa shape index (κ3) is 1.46. The average molecular weight is 155 g/mol. The normalized spacial score (nSPS) is 19.6. The zero-order valence-electron chi connectivity index (χ0n) is 6.38. The first-order valence-electron chi connectivity index (χ1n) is 3.25. The molecule has 0 aromatic carbocycles. The summed E-state index contributed by atoms with van der Waals surface area (Å²) in [5, 5.41) is 2.13. The molecule has 4 nitrogen and oxygen atoms in total. The van der Waals surface area contributed by atoms with Crippen molar-refractivity contribution in [2.24, 2.45) is 0 Å². The fraction of sp³-hybridized carbons (Fsp3) is 0.429. The Morgan fingerprint density at radius 1 is 1.55 bits per heavy atom. The van der Waals surface area contributed by atoms with Gasteiger partial charge in [-0.1, -0.05) is 0 Å². The molecule has 1 N–H and O–H groups in total. The monoisotopic (exact) mass is 155 g/mol. The quantitative estimate of drug-likeness (QED) is 0.552. The van der Waals surface area contributed by atoms with Gasteiger partial charge in [-0.15, -0.1) is 0 Å². The topological polar surface area (TPSA) is 55.4 Å². The lowest BCUT2D eigenvalue weighted by Gasteiger charge is -2.06. The van der Waals surface area contributed by atoms with Gasteiger partial charge in [0.15, 0.2) is 0 Å². The molecule has 1 aliphatic heterocycles. The van der Waals surface area contributed by atoms with Crippen molar-refractivity contribution in [1.82, 2.24) is 5.32 Å². The summed E-state index contributed by atoms with van der Waals surface area (Å²) in [5.41, 5.74) is 0.387. The molecule has 0 radical (unpaired) electrons. The summed E-state index contributed by atoms with van der Waals surface area (Å²) in [6.45, 7) is 1.71. The summed E-state index contributed by atoms with van der Waals surface area (Å²) in [6.07, 6.45) is 0.942. The van der Waals surface area contributed by atoms with Gasteiger partial charge >= 0.3 is 0 Å². The van der Waals surface area contributed by atoms with E-state index < -0.39 is 0 Å². The molecule has 0 spiro atoms. The highest BCUT2D eigenvalue weighted by atomic mass is 16.5. The first-order chi connectivity index (χ1) is 5.15. The van der Waals surface area contributed by atoms with Crippen LogP contribution in [0.15, 0.2) is 11.6 Å². The Hall–Kier alpha value is -1.16. The molecule has 0 saturated heterocycles. The molecule has 4 heteroatoms. The number of hydrogen-bond acceptors (Lipinski definition) is 3. The Bertz CT molecular complexity index is 232. The van der Waals surface area contributed by atoms with E-state index in [9.17, 15) is 9.59 Å². The molecule has 11 heavy (non-hydrogen) atoms. The number of rotatable bonds is 2. The molecule has 0 saturated carbocycles. The second-order valence-electron chi connectivity index (χ2n) is 2.30. The standard InChI is InChI=1S/C7H9NO3/c1-4(11-2)5-3-6(9)8-7(5)10/h3-4H,1-2H3,(H,8,9,10). The molecule has 0 aliphatic carbocycles. The van der Waals surface area contributed by atoms with Crippen molar-refractivity contribution < 1.29 is 14.3 Å². The van der Waals surface area contributed by atoms with E-state index in [1.807, 2.05) is 0 Å². The summed E-state index contributed by atoms with van der Waals surface area (Å²) >= 11 is 0. The maximum absolute atomic E-state index is 10.9. The molecule has 1 atom stereocenters. The van der Waals surface area contributed by atoms with Crippen LogP contribution in [0.5, 0.6) is 0 Å². The lowest BCUT2D eigenvalue weighted by Crippen LogP contribution is -2.25. The molecule has 0 aromatic rings. The Balaban J connectivity index is 2.79. The number of carbonyl (C=O) groups is 2. The zero-order valence-corrected chi connectivity index (χ0v) is 6.38. The van der Waals surface area contributed by atoms with Crippen LogP contribution in [0, 0.1) is 0 Å². The van der Waals surface area contributed by atoms with Gasteiger partial charge in [0.05, 0.1) is 11.7 Å². The Morgan fingerprint density at radius 3 is 2.55 bits per heavy atom. The first kappa shape index (κ1) is 7.94. The van der Waals surface area contributed by atoms with Gasteiger partial charge in [0.25, 0.3) is 11.8 Å². The Morgan fingerprint density at radius 2 is 2.18 bits per heavy atom. The van der Waals surface area contributed by atoms with Gasteiger partial charge in [-0.25, -0.2) is 0 Å². The number of hydrogen-bond donors (Lipinski definition) is 1. The highest BCUT2D eigenvalue weighted by molar-refractivity contribution is 6.16. The van der Waals surface area contributed by atoms with Gasteiger partial charge in [0.1, 0.15) is 0 Å². The van der Waals surface area contributed by atoms with E-state index >= 15 is 0 Å². The van der Waals surface area contributed by atoms with E-state index in [1.54, 1.807) is 6.92 Å². The van der Waals surface area contributed by atoms with Gasteiger partial charge in [-0.05, 0) is 6.92 Å². The lowest BCUT2D eigenvalue weighted by atomic mass is 10.2. The van der Waals surface area contributed by atoms with Gasteiger partial charge in [-0.3, -0.25) is 14.9 Å². The van der Waals surface area contributed by atoms with Crippen LogP contribution < -0.4 is 5.32 Å². The maximum Gasteiger partial charge on any atom is 0.256 e. The summed E-state index contributed by atoms with van der Waals surface area (Å²) in [4.78, 5) is 21.5. The second kappa shape index (κ2) is 2.84. The van der Waals surface area contributed by atoms with Crippen molar-refractivity contribution in [3.63, 3.8) is 0 Å². The van der Waals surface area contributed by atoms with Crippen molar-refractivity contribution in [3.05, 3.63) is 11.6 Å². The van der Waals surface area contributed by atoms with E-state index in [0.29, 0.717) is 5.57 Å². The second-order valence-corrected chi connectivity index (χ2v) is 2.30. The zero-order chi connectivity index (χ0) is 8.43. The van der Waals surface area contributed by atoms with Crippen LogP contribution in [-0.4, -0.2) is 25.0 Å². The molecule has 0 bridgehead atoms. The van der Waals surface area contributed by atoms with Gasteiger partial charge in [0.2, 0.25) is 0 Å². The van der Waals surface area contributed by atoms with Crippen LogP contribution in [-0.2, 0) is 14.3 Å². The highest BCUT2D eigenvalue weighted by Crippen LogP contribution is 2.09. The highest BCUT2D eigenvalue weighted by Gasteiger charge is 2.24. The minimum absolute atomic E-state index is 0.318. The fourth-order valence-corrected chi connectivity index (χ4v) is 0.856. The van der Waals surface area contributed by atoms with E-state index in [1.165, 1.54) is 13.2 Å². The largest absolute Gasteiger partial charge is 0.377 e. The van der Waals surface area contributed by atoms with Crippen molar-refractivity contribution >= 4 is 11.8 Å². The molecular weight excluding hydrogens is 146 g/mol. The van der Waals surface area contributed by atoms with Crippen LogP contribution in [0.4, 0.5) is 0 Å². The molecule has 2 amide bonds. The van der Waals surface area contributed by atoms with Crippen molar-refractivity contribution in [1.29, 1.82) is 0 Å².